The van der Waals surface area contributed by atoms with Crippen molar-refractivity contribution in [2.24, 2.45) is 40.7 Å². The second-order valence-electron chi connectivity index (χ2n) is 14.8. The predicted octanol–water partition coefficient (Wildman–Crippen LogP) is 2.96. The van der Waals surface area contributed by atoms with Crippen LogP contribution in [0.15, 0.2) is 30.3 Å². The summed E-state index contributed by atoms with van der Waals surface area (Å²) in [6, 6.07) is 4.64. The molecule has 5 amide bonds. The topological polar surface area (TPSA) is 168 Å². The van der Waals surface area contributed by atoms with Crippen molar-refractivity contribution in [3.8, 4) is 0 Å². The fraction of sp³-hybridized carbons (Fsp3) is 0.657. The van der Waals surface area contributed by atoms with Crippen LogP contribution in [0.4, 0.5) is 4.79 Å². The zero-order valence-electron chi connectivity index (χ0n) is 27.4. The second kappa shape index (κ2) is 13.5. The molecule has 0 bridgehead atoms. The Morgan fingerprint density at radius 3 is 2.15 bits per heavy atom. The Kier molecular flexibility index (Phi) is 9.89. The molecular formula is C35H49N5O6. The highest BCUT2D eigenvalue weighted by molar-refractivity contribution is 6.37. The first kappa shape index (κ1) is 33.6. The Labute approximate surface area is 271 Å². The molecule has 1 heterocycles. The van der Waals surface area contributed by atoms with Crippen LogP contribution in [0.3, 0.4) is 0 Å². The van der Waals surface area contributed by atoms with Crippen LogP contribution in [0, 0.1) is 35.0 Å². The predicted molar refractivity (Wildman–Crippen MR) is 171 cm³/mol. The van der Waals surface area contributed by atoms with Gasteiger partial charge in [-0.2, -0.15) is 0 Å². The van der Waals surface area contributed by atoms with E-state index >= 15 is 0 Å². The average Bonchev–Trinajstić information content (AvgIpc) is 3.89. The number of amides is 5. The van der Waals surface area contributed by atoms with Crippen molar-refractivity contribution in [3.63, 3.8) is 0 Å². The summed E-state index contributed by atoms with van der Waals surface area (Å²) in [5, 5.41) is 8.57. The summed E-state index contributed by atoms with van der Waals surface area (Å²) in [5.41, 5.74) is 5.63. The van der Waals surface area contributed by atoms with Gasteiger partial charge in [0.05, 0.1) is 12.1 Å². The molecule has 1 aliphatic heterocycles. The number of nitrogens with two attached hydrogens (primary N) is 1. The number of nitrogens with one attached hydrogen (secondary N) is 3. The molecule has 1 unspecified atom stereocenters. The molecule has 5 rings (SSSR count). The van der Waals surface area contributed by atoms with Crippen LogP contribution >= 0.6 is 0 Å². The van der Waals surface area contributed by atoms with Gasteiger partial charge in [0.2, 0.25) is 17.6 Å². The smallest absolute Gasteiger partial charge is 0.316 e. The van der Waals surface area contributed by atoms with E-state index in [0.717, 1.165) is 44.9 Å². The molecule has 4 aliphatic rings. The fourth-order valence-electron chi connectivity index (χ4n) is 7.83. The van der Waals surface area contributed by atoms with Gasteiger partial charge in [0.1, 0.15) is 12.1 Å². The number of primary amides is 1. The number of benzene rings is 1. The van der Waals surface area contributed by atoms with Gasteiger partial charge in [-0.15, -0.1) is 0 Å². The maximum absolute atomic E-state index is 14.5. The van der Waals surface area contributed by atoms with Crippen LogP contribution in [-0.2, 0) is 19.2 Å². The first-order valence-corrected chi connectivity index (χ1v) is 16.9. The van der Waals surface area contributed by atoms with Crippen molar-refractivity contribution in [1.82, 2.24) is 20.9 Å². The number of nitrogens with zero attached hydrogens (tertiary/aromatic N) is 1. The molecule has 46 heavy (non-hydrogen) atoms. The zero-order chi connectivity index (χ0) is 33.3. The van der Waals surface area contributed by atoms with Crippen molar-refractivity contribution in [1.29, 1.82) is 0 Å². The van der Waals surface area contributed by atoms with E-state index in [1.165, 1.54) is 0 Å². The maximum atomic E-state index is 14.5. The summed E-state index contributed by atoms with van der Waals surface area (Å²) in [6.45, 7) is 8.22. The van der Waals surface area contributed by atoms with E-state index in [4.69, 9.17) is 5.73 Å². The normalized spacial score (nSPS) is 25.5. The van der Waals surface area contributed by atoms with Gasteiger partial charge in [0, 0.05) is 12.1 Å². The summed E-state index contributed by atoms with van der Waals surface area (Å²) < 4.78 is 0. The molecule has 0 aromatic heterocycles. The summed E-state index contributed by atoms with van der Waals surface area (Å²) in [5.74, 6) is -3.02. The standard InChI is InChI=1S/C35H49N5O6/c1-19(2)26(29(41)22-13-9-6-10-14-22)38-34(46)39-27(21-11-7-5-8-12-21)33(45)40-18-23-25(35(23,3)4)28(40)32(44)37-24(17-20-15-16-20)30(42)31(36)43/h6,9-10,13-14,19-21,23-28H,5,7-8,11-12,15-18H2,1-4H3,(H2,36,43)(H,37,44)(H2,38,39,46)/t23-,24?,25-,26-,27-,28-/m0/s1. The molecule has 1 aromatic rings. The lowest BCUT2D eigenvalue weighted by Crippen LogP contribution is -2.61. The first-order chi connectivity index (χ1) is 21.8. The van der Waals surface area contributed by atoms with Gasteiger partial charge >= 0.3 is 6.03 Å². The van der Waals surface area contributed by atoms with Gasteiger partial charge in [0.25, 0.3) is 5.91 Å². The molecule has 250 valence electrons. The number of piperidine rings is 1. The summed E-state index contributed by atoms with van der Waals surface area (Å²) in [6.07, 6.45) is 6.62. The van der Waals surface area contributed by atoms with Crippen molar-refractivity contribution in [3.05, 3.63) is 35.9 Å². The number of urea groups is 1. The number of carbonyl (C=O) groups excluding carboxylic acids is 6. The van der Waals surface area contributed by atoms with E-state index in [2.05, 4.69) is 29.8 Å². The number of hydrogen-bond acceptors (Lipinski definition) is 6. The highest BCUT2D eigenvalue weighted by Crippen LogP contribution is 2.65. The monoisotopic (exact) mass is 635 g/mol. The molecule has 6 atom stereocenters. The van der Waals surface area contributed by atoms with Crippen LogP contribution in [-0.4, -0.2) is 70.9 Å². The van der Waals surface area contributed by atoms with Crippen LogP contribution in [0.1, 0.15) is 89.4 Å². The Balaban J connectivity index is 1.35. The van der Waals surface area contributed by atoms with Gasteiger partial charge < -0.3 is 26.6 Å². The minimum absolute atomic E-state index is 0.0931. The third-order valence-corrected chi connectivity index (χ3v) is 10.9. The van der Waals surface area contributed by atoms with Crippen molar-refractivity contribution >= 4 is 35.3 Å². The van der Waals surface area contributed by atoms with Gasteiger partial charge in [-0.3, -0.25) is 24.0 Å². The molecule has 1 aromatic carbocycles. The molecule has 0 radical (unpaired) electrons. The Morgan fingerprint density at radius 2 is 1.57 bits per heavy atom. The molecule has 11 nitrogen and oxygen atoms in total. The van der Waals surface area contributed by atoms with E-state index in [-0.39, 0.29) is 46.7 Å². The Morgan fingerprint density at radius 1 is 0.913 bits per heavy atom. The number of ketones is 2. The molecular weight excluding hydrogens is 586 g/mol. The lowest BCUT2D eigenvalue weighted by Gasteiger charge is -2.37. The molecule has 1 saturated heterocycles. The largest absolute Gasteiger partial charge is 0.363 e. The molecule has 4 fully saturated rings. The van der Waals surface area contributed by atoms with E-state index in [1.54, 1.807) is 29.2 Å². The number of Topliss-reactive ketones (excluding diaryl/α,β-unsaturated/α-hetero) is 2. The zero-order valence-corrected chi connectivity index (χ0v) is 27.4. The minimum atomic E-state index is -1.09. The van der Waals surface area contributed by atoms with Crippen LogP contribution < -0.4 is 21.7 Å². The lowest BCUT2D eigenvalue weighted by molar-refractivity contribution is -0.144. The highest BCUT2D eigenvalue weighted by atomic mass is 16.2. The van der Waals surface area contributed by atoms with Gasteiger partial charge in [-0.05, 0) is 54.3 Å². The van der Waals surface area contributed by atoms with E-state index in [0.29, 0.717) is 18.5 Å². The Bertz CT molecular complexity index is 1350. The molecule has 5 N–H and O–H groups in total. The first-order valence-electron chi connectivity index (χ1n) is 16.9. The number of carbonyl (C=O) groups is 6. The van der Waals surface area contributed by atoms with Crippen molar-refractivity contribution in [2.75, 3.05) is 6.54 Å². The summed E-state index contributed by atoms with van der Waals surface area (Å²) >= 11 is 0. The quantitative estimate of drug-likeness (QED) is 0.192. The van der Waals surface area contributed by atoms with Gasteiger partial charge in [0.15, 0.2) is 5.78 Å². The molecule has 3 aliphatic carbocycles. The number of likely N-dealkylation sites (tertiary alicyclic amines) is 1. The van der Waals surface area contributed by atoms with Crippen LogP contribution in [0.5, 0.6) is 0 Å². The SMILES string of the molecule is CC(C)[C@H](NC(=O)N[C@H](C(=O)N1C[C@H]2[C@@H]([C@H]1C(=O)NC(CC1CC1)C(=O)C(N)=O)C2(C)C)C1CCCCC1)C(=O)c1ccccc1. The van der Waals surface area contributed by atoms with E-state index in [9.17, 15) is 28.8 Å². The van der Waals surface area contributed by atoms with E-state index in [1.807, 2.05) is 19.9 Å². The third-order valence-electron chi connectivity index (χ3n) is 10.9. The highest BCUT2D eigenvalue weighted by Gasteiger charge is 2.69. The number of fused-ring (bicyclic) bond motifs is 1. The average molecular weight is 636 g/mol. The van der Waals surface area contributed by atoms with Crippen molar-refractivity contribution in [2.45, 2.75) is 103 Å². The number of rotatable bonds is 13. The molecule has 0 spiro atoms. The Hall–Kier alpha value is -3.76. The molecule has 3 saturated carbocycles. The van der Waals surface area contributed by atoms with Crippen LogP contribution in [0.2, 0.25) is 0 Å². The van der Waals surface area contributed by atoms with E-state index < -0.39 is 47.8 Å². The second-order valence-corrected chi connectivity index (χ2v) is 14.8. The fourth-order valence-corrected chi connectivity index (χ4v) is 7.83. The summed E-state index contributed by atoms with van der Waals surface area (Å²) in [7, 11) is 0. The van der Waals surface area contributed by atoms with Crippen molar-refractivity contribution < 1.29 is 28.8 Å². The summed E-state index contributed by atoms with van der Waals surface area (Å²) in [4.78, 5) is 81.3. The lowest BCUT2D eigenvalue weighted by atomic mass is 9.83. The minimum Gasteiger partial charge on any atom is -0.363 e. The van der Waals surface area contributed by atoms with Crippen LogP contribution in [0.25, 0.3) is 0 Å². The maximum Gasteiger partial charge on any atom is 0.316 e. The molecule has 11 heteroatoms. The third kappa shape index (κ3) is 7.13. The van der Waals surface area contributed by atoms with Gasteiger partial charge in [-0.1, -0.05) is 90.1 Å². The number of hydrogen-bond donors (Lipinski definition) is 4. The van der Waals surface area contributed by atoms with Gasteiger partial charge in [-0.25, -0.2) is 4.79 Å².